The number of hydrogen-bond acceptors (Lipinski definition) is 3. The Bertz CT molecular complexity index is 645. The van der Waals surface area contributed by atoms with Gasteiger partial charge in [0.15, 0.2) is 0 Å². The Hall–Kier alpha value is -1.76. The second-order valence-electron chi connectivity index (χ2n) is 4.16. The molecular formula is C12H11Cl2N3O3. The Balaban J connectivity index is 2.21. The van der Waals surface area contributed by atoms with E-state index in [-0.39, 0.29) is 12.2 Å². The number of carboxylic acids is 1. The number of carboxylic acid groups (broad SMARTS) is 1. The number of halogens is 2. The van der Waals surface area contributed by atoms with Gasteiger partial charge in [0.2, 0.25) is 0 Å². The van der Waals surface area contributed by atoms with Crippen molar-refractivity contribution in [3.63, 3.8) is 0 Å². The minimum atomic E-state index is -1.19. The normalized spacial score (nSPS) is 12.3. The maximum absolute atomic E-state index is 11.9. The predicted octanol–water partition coefficient (Wildman–Crippen LogP) is 1.62. The number of amides is 1. The van der Waals surface area contributed by atoms with Gasteiger partial charge >= 0.3 is 5.97 Å². The molecule has 0 saturated carbocycles. The molecule has 1 aromatic carbocycles. The molecule has 1 unspecified atom stereocenters. The summed E-state index contributed by atoms with van der Waals surface area (Å²) in [6, 6.07) is 3.63. The summed E-state index contributed by atoms with van der Waals surface area (Å²) in [7, 11) is 0. The van der Waals surface area contributed by atoms with E-state index < -0.39 is 17.9 Å². The van der Waals surface area contributed by atoms with Crippen molar-refractivity contribution >= 4 is 46.0 Å². The summed E-state index contributed by atoms with van der Waals surface area (Å²) >= 11 is 12.0. The van der Waals surface area contributed by atoms with Gasteiger partial charge in [0.25, 0.3) is 5.91 Å². The van der Waals surface area contributed by atoms with E-state index in [4.69, 9.17) is 34.0 Å². The van der Waals surface area contributed by atoms with E-state index >= 15 is 0 Å². The van der Waals surface area contributed by atoms with Gasteiger partial charge in [-0.05, 0) is 18.2 Å². The van der Waals surface area contributed by atoms with Crippen molar-refractivity contribution in [1.29, 1.82) is 0 Å². The first kappa shape index (κ1) is 14.6. The number of H-pyrrole nitrogens is 1. The molecule has 0 radical (unpaired) electrons. The van der Waals surface area contributed by atoms with E-state index in [0.29, 0.717) is 20.9 Å². The SMILES string of the molecule is NC(CNC(=O)c1cc2c(Cl)ccc(Cl)c2[nH]1)C(=O)O. The van der Waals surface area contributed by atoms with Crippen LogP contribution in [-0.4, -0.2) is 34.6 Å². The van der Waals surface area contributed by atoms with Crippen molar-refractivity contribution in [2.75, 3.05) is 6.54 Å². The molecule has 1 atom stereocenters. The minimum Gasteiger partial charge on any atom is -0.480 e. The van der Waals surface area contributed by atoms with Crippen LogP contribution in [-0.2, 0) is 4.79 Å². The van der Waals surface area contributed by atoms with E-state index in [0.717, 1.165) is 0 Å². The van der Waals surface area contributed by atoms with E-state index in [1.54, 1.807) is 18.2 Å². The van der Waals surface area contributed by atoms with Crippen LogP contribution < -0.4 is 11.1 Å². The molecule has 1 amide bonds. The first-order valence-electron chi connectivity index (χ1n) is 5.63. The number of benzene rings is 1. The second kappa shape index (κ2) is 5.70. The van der Waals surface area contributed by atoms with Gasteiger partial charge in [0.1, 0.15) is 11.7 Å². The maximum atomic E-state index is 11.9. The average Bonchev–Trinajstić information content (AvgIpc) is 2.86. The van der Waals surface area contributed by atoms with Crippen molar-refractivity contribution in [3.8, 4) is 0 Å². The van der Waals surface area contributed by atoms with Gasteiger partial charge in [-0.25, -0.2) is 0 Å². The molecule has 0 spiro atoms. The van der Waals surface area contributed by atoms with Gasteiger partial charge in [-0.2, -0.15) is 0 Å². The second-order valence-corrected chi connectivity index (χ2v) is 4.97. The fourth-order valence-electron chi connectivity index (χ4n) is 1.66. The lowest BCUT2D eigenvalue weighted by atomic mass is 10.2. The Morgan fingerprint density at radius 3 is 2.60 bits per heavy atom. The maximum Gasteiger partial charge on any atom is 0.322 e. The van der Waals surface area contributed by atoms with Crippen molar-refractivity contribution in [3.05, 3.63) is 33.9 Å². The number of rotatable bonds is 4. The highest BCUT2D eigenvalue weighted by Gasteiger charge is 2.16. The number of fused-ring (bicyclic) bond motifs is 1. The number of aliphatic carboxylic acids is 1. The molecule has 1 heterocycles. The van der Waals surface area contributed by atoms with Crippen LogP contribution in [0.15, 0.2) is 18.2 Å². The lowest BCUT2D eigenvalue weighted by Gasteiger charge is -2.07. The summed E-state index contributed by atoms with van der Waals surface area (Å²) in [6.07, 6.45) is 0. The van der Waals surface area contributed by atoms with Crippen molar-refractivity contribution < 1.29 is 14.7 Å². The zero-order chi connectivity index (χ0) is 14.9. The van der Waals surface area contributed by atoms with Crippen molar-refractivity contribution in [2.24, 2.45) is 5.73 Å². The number of aromatic nitrogens is 1. The molecule has 8 heteroatoms. The Morgan fingerprint density at radius 2 is 2.00 bits per heavy atom. The van der Waals surface area contributed by atoms with Crippen molar-refractivity contribution in [1.82, 2.24) is 10.3 Å². The summed E-state index contributed by atoms with van der Waals surface area (Å²) in [4.78, 5) is 25.3. The molecular weight excluding hydrogens is 305 g/mol. The highest BCUT2D eigenvalue weighted by molar-refractivity contribution is 6.40. The predicted molar refractivity (Wildman–Crippen MR) is 76.3 cm³/mol. The molecule has 0 aliphatic heterocycles. The fourth-order valence-corrected chi connectivity index (χ4v) is 2.08. The standard InChI is InChI=1S/C12H11Cl2N3O3/c13-6-1-2-7(14)10-5(6)3-9(17-10)11(18)16-4-8(15)12(19)20/h1-3,8,17H,4,15H2,(H,16,18)(H,19,20). The average molecular weight is 316 g/mol. The molecule has 0 aliphatic carbocycles. The van der Waals surface area contributed by atoms with Gasteiger partial charge in [0.05, 0.1) is 15.6 Å². The van der Waals surface area contributed by atoms with Crippen LogP contribution in [0, 0.1) is 0 Å². The number of carbonyl (C=O) groups excluding carboxylic acids is 1. The number of carbonyl (C=O) groups is 2. The molecule has 5 N–H and O–H groups in total. The van der Waals surface area contributed by atoms with Gasteiger partial charge < -0.3 is 21.1 Å². The summed E-state index contributed by atoms with van der Waals surface area (Å²) < 4.78 is 0. The lowest BCUT2D eigenvalue weighted by Crippen LogP contribution is -2.42. The van der Waals surface area contributed by atoms with E-state index in [9.17, 15) is 9.59 Å². The van der Waals surface area contributed by atoms with Gasteiger partial charge in [0, 0.05) is 11.9 Å². The summed E-state index contributed by atoms with van der Waals surface area (Å²) in [5, 5.41) is 12.6. The van der Waals surface area contributed by atoms with Gasteiger partial charge in [-0.3, -0.25) is 9.59 Å². The minimum absolute atomic E-state index is 0.176. The molecule has 106 valence electrons. The Kier molecular flexibility index (Phi) is 4.17. The van der Waals surface area contributed by atoms with E-state index in [1.807, 2.05) is 0 Å². The lowest BCUT2D eigenvalue weighted by molar-refractivity contribution is -0.138. The van der Waals surface area contributed by atoms with Crippen LogP contribution in [0.4, 0.5) is 0 Å². The molecule has 20 heavy (non-hydrogen) atoms. The molecule has 0 fully saturated rings. The number of nitrogens with two attached hydrogens (primary N) is 1. The van der Waals surface area contributed by atoms with Crippen LogP contribution in [0.2, 0.25) is 10.0 Å². The molecule has 1 aromatic heterocycles. The number of nitrogens with one attached hydrogen (secondary N) is 2. The summed E-state index contributed by atoms with van der Waals surface area (Å²) in [5.74, 6) is -1.67. The molecule has 6 nitrogen and oxygen atoms in total. The van der Waals surface area contributed by atoms with Crippen LogP contribution in [0.1, 0.15) is 10.5 Å². The fraction of sp³-hybridized carbons (Fsp3) is 0.167. The van der Waals surface area contributed by atoms with Crippen LogP contribution in [0.5, 0.6) is 0 Å². The van der Waals surface area contributed by atoms with Gasteiger partial charge in [-0.15, -0.1) is 0 Å². The molecule has 0 bridgehead atoms. The van der Waals surface area contributed by atoms with Crippen LogP contribution in [0.3, 0.4) is 0 Å². The first-order valence-corrected chi connectivity index (χ1v) is 6.39. The third kappa shape index (κ3) is 2.87. The number of hydrogen-bond donors (Lipinski definition) is 4. The van der Waals surface area contributed by atoms with E-state index in [2.05, 4.69) is 10.3 Å². The molecule has 0 saturated heterocycles. The monoisotopic (exact) mass is 315 g/mol. The van der Waals surface area contributed by atoms with Crippen LogP contribution in [0.25, 0.3) is 10.9 Å². The quantitative estimate of drug-likeness (QED) is 0.687. The zero-order valence-electron chi connectivity index (χ0n) is 10.1. The third-order valence-electron chi connectivity index (χ3n) is 2.73. The highest BCUT2D eigenvalue weighted by atomic mass is 35.5. The van der Waals surface area contributed by atoms with Crippen molar-refractivity contribution in [2.45, 2.75) is 6.04 Å². The largest absolute Gasteiger partial charge is 0.480 e. The van der Waals surface area contributed by atoms with E-state index in [1.165, 1.54) is 0 Å². The van der Waals surface area contributed by atoms with Gasteiger partial charge in [-0.1, -0.05) is 23.2 Å². The smallest absolute Gasteiger partial charge is 0.322 e. The zero-order valence-corrected chi connectivity index (χ0v) is 11.6. The Morgan fingerprint density at radius 1 is 1.35 bits per heavy atom. The molecule has 2 aromatic rings. The first-order chi connectivity index (χ1) is 9.40. The highest BCUT2D eigenvalue weighted by Crippen LogP contribution is 2.29. The summed E-state index contributed by atoms with van der Waals surface area (Å²) in [6.45, 7) is -0.176. The van der Waals surface area contributed by atoms with Crippen LogP contribution >= 0.6 is 23.2 Å². The summed E-state index contributed by atoms with van der Waals surface area (Å²) in [5.41, 5.74) is 6.08. The molecule has 2 rings (SSSR count). The topological polar surface area (TPSA) is 108 Å². The number of aromatic amines is 1. The third-order valence-corrected chi connectivity index (χ3v) is 3.38. The Labute approximate surface area is 123 Å². The molecule has 0 aliphatic rings.